The maximum atomic E-state index is 12.6. The van der Waals surface area contributed by atoms with Crippen molar-refractivity contribution in [2.75, 3.05) is 13.2 Å². The average Bonchev–Trinajstić information content (AvgIpc) is 3.15. The van der Waals surface area contributed by atoms with Gasteiger partial charge in [0.1, 0.15) is 6.61 Å². The molecule has 0 saturated heterocycles. The summed E-state index contributed by atoms with van der Waals surface area (Å²) in [6, 6.07) is 15.8. The summed E-state index contributed by atoms with van der Waals surface area (Å²) in [5.74, 6) is -2.32. The number of fused-ring (bicyclic) bond motifs is 3. The molecule has 4 rings (SSSR count). The minimum Gasteiger partial charge on any atom is -0.479 e. The summed E-state index contributed by atoms with van der Waals surface area (Å²) in [4.78, 5) is 35.9. The molecule has 0 aromatic heterocycles. The average molecular weight is 453 g/mol. The predicted molar refractivity (Wildman–Crippen MR) is 121 cm³/mol. The van der Waals surface area contributed by atoms with Crippen molar-refractivity contribution in [2.24, 2.45) is 5.92 Å². The van der Waals surface area contributed by atoms with Crippen LogP contribution in [0.5, 0.6) is 0 Å². The molecule has 33 heavy (non-hydrogen) atoms. The second-order valence-corrected chi connectivity index (χ2v) is 8.57. The first-order valence-electron chi connectivity index (χ1n) is 11.3. The zero-order valence-corrected chi connectivity index (χ0v) is 18.2. The molecule has 0 aliphatic heterocycles. The highest BCUT2D eigenvalue weighted by Gasteiger charge is 2.34. The van der Waals surface area contributed by atoms with Crippen LogP contribution in [0.15, 0.2) is 48.5 Å². The van der Waals surface area contributed by atoms with E-state index in [-0.39, 0.29) is 25.0 Å². The third-order valence-corrected chi connectivity index (χ3v) is 6.50. The zero-order valence-electron chi connectivity index (χ0n) is 18.2. The highest BCUT2D eigenvalue weighted by molar-refractivity contribution is 5.82. The number of amides is 2. The molecule has 8 nitrogen and oxygen atoms in total. The number of rotatable bonds is 7. The third-order valence-electron chi connectivity index (χ3n) is 6.50. The molecule has 2 aliphatic carbocycles. The van der Waals surface area contributed by atoms with E-state index in [1.165, 1.54) is 0 Å². The Balaban J connectivity index is 1.36. The number of aliphatic hydroxyl groups excluding tert-OH is 1. The first-order valence-corrected chi connectivity index (χ1v) is 11.3. The number of hydrogen-bond donors (Lipinski definition) is 4. The normalized spacial score (nSPS) is 20.3. The van der Waals surface area contributed by atoms with E-state index in [1.54, 1.807) is 0 Å². The van der Waals surface area contributed by atoms with Gasteiger partial charge in [0.2, 0.25) is 5.91 Å². The monoisotopic (exact) mass is 452 g/mol. The van der Waals surface area contributed by atoms with Crippen molar-refractivity contribution in [3.8, 4) is 11.1 Å². The van der Waals surface area contributed by atoms with Crippen LogP contribution in [-0.2, 0) is 14.3 Å². The topological polar surface area (TPSA) is 125 Å². The zero-order chi connectivity index (χ0) is 23.4. The molecule has 0 radical (unpaired) electrons. The van der Waals surface area contributed by atoms with Gasteiger partial charge in [0.05, 0.1) is 12.5 Å². The number of carbonyl (C=O) groups excluding carboxylic acids is 2. The number of benzene rings is 2. The van der Waals surface area contributed by atoms with Crippen molar-refractivity contribution in [3.63, 3.8) is 0 Å². The second-order valence-electron chi connectivity index (χ2n) is 8.57. The van der Waals surface area contributed by atoms with E-state index in [2.05, 4.69) is 22.8 Å². The summed E-state index contributed by atoms with van der Waals surface area (Å²) < 4.78 is 5.60. The minimum absolute atomic E-state index is 0.0499. The number of hydrogen-bond acceptors (Lipinski definition) is 5. The maximum absolute atomic E-state index is 12.6. The fraction of sp³-hybridized carbons (Fsp3) is 0.400. The molecule has 3 atom stereocenters. The van der Waals surface area contributed by atoms with Crippen LogP contribution in [0.4, 0.5) is 4.79 Å². The molecule has 0 spiro atoms. The number of carboxylic acid groups (broad SMARTS) is 1. The molecular formula is C25H28N2O6. The largest absolute Gasteiger partial charge is 0.479 e. The van der Waals surface area contributed by atoms with E-state index in [0.717, 1.165) is 35.1 Å². The quantitative estimate of drug-likeness (QED) is 0.512. The van der Waals surface area contributed by atoms with Gasteiger partial charge in [-0.15, -0.1) is 0 Å². The van der Waals surface area contributed by atoms with E-state index < -0.39 is 30.1 Å². The Hall–Kier alpha value is -3.39. The number of alkyl carbamates (subject to hydrolysis) is 1. The molecule has 2 aliphatic rings. The molecule has 0 bridgehead atoms. The molecule has 1 saturated carbocycles. The molecule has 0 unspecified atom stereocenters. The predicted octanol–water partition coefficient (Wildman–Crippen LogP) is 2.65. The van der Waals surface area contributed by atoms with Gasteiger partial charge in [0, 0.05) is 12.0 Å². The van der Waals surface area contributed by atoms with E-state index in [4.69, 9.17) is 9.84 Å². The van der Waals surface area contributed by atoms with E-state index >= 15 is 0 Å². The molecule has 2 aromatic carbocycles. The molecule has 4 N–H and O–H groups in total. The summed E-state index contributed by atoms with van der Waals surface area (Å²) in [5, 5.41) is 23.5. The lowest BCUT2D eigenvalue weighted by molar-refractivity contribution is -0.146. The molecular weight excluding hydrogens is 424 g/mol. The van der Waals surface area contributed by atoms with Gasteiger partial charge in [-0.2, -0.15) is 0 Å². The van der Waals surface area contributed by atoms with Crippen LogP contribution in [0.25, 0.3) is 11.1 Å². The lowest BCUT2D eigenvalue weighted by Crippen LogP contribution is -2.50. The maximum Gasteiger partial charge on any atom is 0.407 e. The van der Waals surface area contributed by atoms with Crippen molar-refractivity contribution in [2.45, 2.75) is 43.7 Å². The van der Waals surface area contributed by atoms with Gasteiger partial charge in [-0.1, -0.05) is 61.4 Å². The Morgan fingerprint density at radius 1 is 0.970 bits per heavy atom. The van der Waals surface area contributed by atoms with Gasteiger partial charge in [0.25, 0.3) is 0 Å². The fourth-order valence-electron chi connectivity index (χ4n) is 4.82. The molecule has 174 valence electrons. The third kappa shape index (κ3) is 5.01. The number of carbonyl (C=O) groups is 3. The molecule has 2 amide bonds. The number of nitrogens with one attached hydrogen (secondary N) is 2. The van der Waals surface area contributed by atoms with Crippen LogP contribution in [0.2, 0.25) is 0 Å². The van der Waals surface area contributed by atoms with Gasteiger partial charge >= 0.3 is 12.1 Å². The fourth-order valence-corrected chi connectivity index (χ4v) is 4.82. The standard InChI is InChI=1S/C25H28N2O6/c28-22(24(30)31)13-26-23(29)19-11-5-6-12-21(19)27-25(32)33-14-20-17-9-3-1-7-15(17)16-8-2-4-10-18(16)20/h1-4,7-10,19-22,28H,5-6,11-14H2,(H,26,29)(H,27,32)(H,30,31)/t19-,21+,22-/m0/s1. The van der Waals surface area contributed by atoms with E-state index in [1.807, 2.05) is 36.4 Å². The number of ether oxygens (including phenoxy) is 1. The number of carboxylic acids is 1. The highest BCUT2D eigenvalue weighted by atomic mass is 16.5. The summed E-state index contributed by atoms with van der Waals surface area (Å²) in [6.07, 6.45) is 0.670. The van der Waals surface area contributed by atoms with Crippen LogP contribution in [0, 0.1) is 5.92 Å². The highest BCUT2D eigenvalue weighted by Crippen LogP contribution is 2.44. The van der Waals surface area contributed by atoms with Gasteiger partial charge in [-0.3, -0.25) is 4.79 Å². The summed E-state index contributed by atoms with van der Waals surface area (Å²) in [6.45, 7) is -0.184. The number of aliphatic carboxylic acids is 1. The SMILES string of the molecule is O=C(N[C@@H]1CCCC[C@@H]1C(=O)NC[C@H](O)C(=O)O)OCC1c2ccccc2-c2ccccc21. The second kappa shape index (κ2) is 10.0. The Morgan fingerprint density at radius 3 is 2.21 bits per heavy atom. The van der Waals surface area contributed by atoms with Gasteiger partial charge in [-0.25, -0.2) is 9.59 Å². The summed E-state index contributed by atoms with van der Waals surface area (Å²) >= 11 is 0. The van der Waals surface area contributed by atoms with Crippen molar-refractivity contribution in [1.82, 2.24) is 10.6 Å². The van der Waals surface area contributed by atoms with Crippen LogP contribution in [-0.4, -0.2) is 53.5 Å². The van der Waals surface area contributed by atoms with Crippen molar-refractivity contribution in [1.29, 1.82) is 0 Å². The van der Waals surface area contributed by atoms with Crippen LogP contribution in [0.1, 0.15) is 42.7 Å². The lowest BCUT2D eigenvalue weighted by Gasteiger charge is -2.31. The van der Waals surface area contributed by atoms with Crippen molar-refractivity contribution >= 4 is 18.0 Å². The lowest BCUT2D eigenvalue weighted by atomic mass is 9.84. The van der Waals surface area contributed by atoms with Crippen LogP contribution < -0.4 is 10.6 Å². The first kappa shape index (κ1) is 22.8. The summed E-state index contributed by atoms with van der Waals surface area (Å²) in [7, 11) is 0. The Kier molecular flexibility index (Phi) is 6.93. The molecule has 1 fully saturated rings. The minimum atomic E-state index is -1.66. The molecule has 0 heterocycles. The Labute approximate surface area is 192 Å². The van der Waals surface area contributed by atoms with Crippen LogP contribution >= 0.6 is 0 Å². The van der Waals surface area contributed by atoms with E-state index in [0.29, 0.717) is 12.8 Å². The smallest absolute Gasteiger partial charge is 0.407 e. The van der Waals surface area contributed by atoms with E-state index in [9.17, 15) is 19.5 Å². The molecule has 2 aromatic rings. The number of aliphatic hydroxyl groups is 1. The van der Waals surface area contributed by atoms with Gasteiger partial charge < -0.3 is 25.6 Å². The molecule has 8 heteroatoms. The Bertz CT molecular complexity index is 994. The van der Waals surface area contributed by atoms with Gasteiger partial charge in [0.15, 0.2) is 6.10 Å². The van der Waals surface area contributed by atoms with Gasteiger partial charge in [-0.05, 0) is 35.1 Å². The van der Waals surface area contributed by atoms with Crippen molar-refractivity contribution < 1.29 is 29.3 Å². The Morgan fingerprint density at radius 2 is 1.58 bits per heavy atom. The first-order chi connectivity index (χ1) is 16.0. The summed E-state index contributed by atoms with van der Waals surface area (Å²) in [5.41, 5.74) is 4.54. The van der Waals surface area contributed by atoms with Crippen LogP contribution in [0.3, 0.4) is 0 Å². The van der Waals surface area contributed by atoms with Crippen molar-refractivity contribution in [3.05, 3.63) is 59.7 Å².